The molecular formula is C31H28N2O6S2. The van der Waals surface area contributed by atoms with Gasteiger partial charge in [0.1, 0.15) is 23.7 Å². The van der Waals surface area contributed by atoms with Crippen molar-refractivity contribution >= 4 is 46.9 Å². The maximum atomic E-state index is 13.9. The summed E-state index contributed by atoms with van der Waals surface area (Å²) < 4.78 is 11.5. The minimum atomic E-state index is -0.776. The number of rotatable bonds is 10. The highest BCUT2D eigenvalue weighted by molar-refractivity contribution is 8.00. The molecule has 10 heteroatoms. The number of esters is 2. The van der Waals surface area contributed by atoms with Gasteiger partial charge in [0.25, 0.3) is 5.91 Å². The number of allylic oxidation sites excluding steroid dienone is 1. The summed E-state index contributed by atoms with van der Waals surface area (Å²) in [7, 11) is 0. The van der Waals surface area contributed by atoms with Crippen LogP contribution in [0.3, 0.4) is 0 Å². The smallest absolute Gasteiger partial charge is 0.356 e. The van der Waals surface area contributed by atoms with E-state index in [2.05, 4.69) is 5.32 Å². The van der Waals surface area contributed by atoms with Crippen molar-refractivity contribution in [3.8, 4) is 0 Å². The largest absolute Gasteiger partial charge is 0.458 e. The van der Waals surface area contributed by atoms with Gasteiger partial charge >= 0.3 is 11.9 Å². The van der Waals surface area contributed by atoms with Crippen LogP contribution in [0.4, 0.5) is 0 Å². The number of nitrogens with one attached hydrogen (secondary N) is 1. The molecule has 3 heterocycles. The lowest BCUT2D eigenvalue weighted by atomic mass is 10.0. The van der Waals surface area contributed by atoms with Gasteiger partial charge in [0.05, 0.1) is 6.42 Å². The van der Waals surface area contributed by atoms with E-state index in [1.165, 1.54) is 34.1 Å². The number of fused-ring (bicyclic) bond motifs is 1. The minimum Gasteiger partial charge on any atom is -0.458 e. The first kappa shape index (κ1) is 28.4. The SMILES string of the molecule is CC=CC(=O)OCC1=C(C(=O)OC(c2ccccc2)c2ccccc2)N2C(=O)[C@@H](NC(=O)Cc3cccs3)[C@@H]2SC1. The Morgan fingerprint density at radius 3 is 2.32 bits per heavy atom. The van der Waals surface area contributed by atoms with E-state index < -0.39 is 35.4 Å². The molecule has 5 rings (SSSR count). The zero-order chi connectivity index (χ0) is 28.8. The normalized spacial score (nSPS) is 18.2. The molecular weight excluding hydrogens is 560 g/mol. The van der Waals surface area contributed by atoms with Gasteiger partial charge in [-0.15, -0.1) is 23.1 Å². The summed E-state index contributed by atoms with van der Waals surface area (Å²) in [5.74, 6) is -1.62. The second-order valence-corrected chi connectivity index (χ2v) is 11.5. The zero-order valence-electron chi connectivity index (χ0n) is 22.2. The van der Waals surface area contributed by atoms with Crippen LogP contribution in [0.2, 0.25) is 0 Å². The summed E-state index contributed by atoms with van der Waals surface area (Å²) in [6, 6.07) is 21.6. The summed E-state index contributed by atoms with van der Waals surface area (Å²) in [4.78, 5) is 54.3. The molecule has 0 unspecified atom stereocenters. The molecule has 8 nitrogen and oxygen atoms in total. The van der Waals surface area contributed by atoms with Gasteiger partial charge in [-0.2, -0.15) is 0 Å². The summed E-state index contributed by atoms with van der Waals surface area (Å²) >= 11 is 2.87. The van der Waals surface area contributed by atoms with Crippen molar-refractivity contribution in [3.63, 3.8) is 0 Å². The maximum absolute atomic E-state index is 13.9. The third-order valence-electron chi connectivity index (χ3n) is 6.59. The first-order valence-corrected chi connectivity index (χ1v) is 15.0. The van der Waals surface area contributed by atoms with Gasteiger partial charge in [-0.3, -0.25) is 14.5 Å². The predicted octanol–water partition coefficient (Wildman–Crippen LogP) is 4.40. The average molecular weight is 589 g/mol. The van der Waals surface area contributed by atoms with Crippen LogP contribution in [0.5, 0.6) is 0 Å². The Hall–Kier alpha value is -4.15. The summed E-state index contributed by atoms with van der Waals surface area (Å²) in [5.41, 5.74) is 2.05. The zero-order valence-corrected chi connectivity index (χ0v) is 23.9. The van der Waals surface area contributed by atoms with Crippen LogP contribution in [0.1, 0.15) is 29.0 Å². The number of carbonyl (C=O) groups is 4. The Morgan fingerprint density at radius 1 is 1.02 bits per heavy atom. The summed E-state index contributed by atoms with van der Waals surface area (Å²) in [6.07, 6.45) is 2.29. The Balaban J connectivity index is 1.41. The van der Waals surface area contributed by atoms with Crippen molar-refractivity contribution in [2.75, 3.05) is 12.4 Å². The van der Waals surface area contributed by atoms with Crippen LogP contribution in [-0.2, 0) is 35.1 Å². The van der Waals surface area contributed by atoms with Gasteiger partial charge in [-0.25, -0.2) is 9.59 Å². The van der Waals surface area contributed by atoms with E-state index in [4.69, 9.17) is 9.47 Å². The number of β-lactam (4-membered cyclic amide) rings is 1. The van der Waals surface area contributed by atoms with E-state index in [0.29, 0.717) is 11.3 Å². The highest BCUT2D eigenvalue weighted by atomic mass is 32.2. The van der Waals surface area contributed by atoms with Gasteiger partial charge in [0.15, 0.2) is 6.10 Å². The average Bonchev–Trinajstić information content (AvgIpc) is 3.51. The number of thiophene rings is 1. The molecule has 0 spiro atoms. The lowest BCUT2D eigenvalue weighted by molar-refractivity contribution is -0.155. The Bertz CT molecular complexity index is 1430. The molecule has 2 atom stereocenters. The molecule has 2 amide bonds. The van der Waals surface area contributed by atoms with Gasteiger partial charge in [-0.05, 0) is 29.5 Å². The molecule has 0 aliphatic carbocycles. The second-order valence-electron chi connectivity index (χ2n) is 9.38. The molecule has 2 aromatic carbocycles. The quantitative estimate of drug-likeness (QED) is 0.213. The Morgan fingerprint density at radius 2 is 1.71 bits per heavy atom. The second kappa shape index (κ2) is 13.0. The van der Waals surface area contributed by atoms with Gasteiger partial charge in [-0.1, -0.05) is 72.8 Å². The van der Waals surface area contributed by atoms with Crippen molar-refractivity contribution in [2.24, 2.45) is 0 Å². The fourth-order valence-corrected chi connectivity index (χ4v) is 6.70. The van der Waals surface area contributed by atoms with Crippen LogP contribution in [0, 0.1) is 0 Å². The molecule has 0 radical (unpaired) electrons. The van der Waals surface area contributed by atoms with E-state index in [9.17, 15) is 19.2 Å². The standard InChI is InChI=1S/C31H28N2O6S2/c1-2-10-25(35)38-18-22-19-41-30-26(32-24(34)17-23-15-9-16-40-23)29(36)33(30)27(22)31(37)39-28(20-11-5-3-6-12-20)21-13-7-4-8-14-21/h2-16,26,28,30H,17-19H2,1H3,(H,32,34)/t26-,30+/m1/s1. The first-order chi connectivity index (χ1) is 20.0. The molecule has 0 bridgehead atoms. The van der Waals surface area contributed by atoms with Crippen molar-refractivity contribution in [1.82, 2.24) is 10.2 Å². The van der Waals surface area contributed by atoms with E-state index in [-0.39, 0.29) is 24.6 Å². The molecule has 2 aliphatic rings. The number of ether oxygens (including phenoxy) is 2. The lowest BCUT2D eigenvalue weighted by Crippen LogP contribution is -2.70. The van der Waals surface area contributed by atoms with Crippen molar-refractivity contribution in [1.29, 1.82) is 0 Å². The molecule has 3 aromatic rings. The number of nitrogens with zero attached hydrogens (tertiary/aromatic N) is 1. The summed E-state index contributed by atoms with van der Waals surface area (Å²) in [5, 5.41) is 4.23. The van der Waals surface area contributed by atoms with E-state index in [1.807, 2.05) is 78.2 Å². The third kappa shape index (κ3) is 6.44. The molecule has 1 aromatic heterocycles. The third-order valence-corrected chi connectivity index (χ3v) is 8.81. The Kier molecular flexibility index (Phi) is 9.01. The predicted molar refractivity (Wildman–Crippen MR) is 157 cm³/mol. The van der Waals surface area contributed by atoms with Crippen molar-refractivity contribution < 1.29 is 28.7 Å². The molecule has 0 saturated carbocycles. The van der Waals surface area contributed by atoms with Gasteiger partial charge < -0.3 is 14.8 Å². The number of hydrogen-bond donors (Lipinski definition) is 1. The monoisotopic (exact) mass is 588 g/mol. The molecule has 210 valence electrons. The minimum absolute atomic E-state index is 0.0487. The van der Waals surface area contributed by atoms with Crippen LogP contribution >= 0.6 is 23.1 Å². The van der Waals surface area contributed by atoms with E-state index in [1.54, 1.807) is 13.0 Å². The van der Waals surface area contributed by atoms with Crippen LogP contribution in [0.25, 0.3) is 0 Å². The number of hydrogen-bond acceptors (Lipinski definition) is 8. The van der Waals surface area contributed by atoms with Crippen molar-refractivity contribution in [2.45, 2.75) is 30.9 Å². The van der Waals surface area contributed by atoms with Gasteiger partial charge in [0.2, 0.25) is 5.91 Å². The first-order valence-electron chi connectivity index (χ1n) is 13.0. The van der Waals surface area contributed by atoms with E-state index in [0.717, 1.165) is 16.0 Å². The maximum Gasteiger partial charge on any atom is 0.356 e. The number of amides is 2. The highest BCUT2D eigenvalue weighted by Crippen LogP contribution is 2.41. The van der Waals surface area contributed by atoms with Crippen LogP contribution < -0.4 is 5.32 Å². The topological polar surface area (TPSA) is 102 Å². The lowest BCUT2D eigenvalue weighted by Gasteiger charge is -2.49. The fraction of sp³-hybridized carbons (Fsp3) is 0.226. The Labute approximate surface area is 246 Å². The van der Waals surface area contributed by atoms with Crippen molar-refractivity contribution in [3.05, 3.63) is 118 Å². The molecule has 2 aliphatic heterocycles. The van der Waals surface area contributed by atoms with Gasteiger partial charge in [0, 0.05) is 22.3 Å². The fourth-order valence-electron chi connectivity index (χ4n) is 4.67. The molecule has 1 saturated heterocycles. The number of benzene rings is 2. The van der Waals surface area contributed by atoms with Crippen LogP contribution in [0.15, 0.2) is 102 Å². The number of thioether (sulfide) groups is 1. The van der Waals surface area contributed by atoms with Crippen LogP contribution in [-0.4, -0.2) is 52.4 Å². The molecule has 41 heavy (non-hydrogen) atoms. The number of carbonyl (C=O) groups excluding carboxylic acids is 4. The molecule has 1 fully saturated rings. The van der Waals surface area contributed by atoms with E-state index >= 15 is 0 Å². The highest BCUT2D eigenvalue weighted by Gasteiger charge is 2.54. The molecule has 1 N–H and O–H groups in total. The summed E-state index contributed by atoms with van der Waals surface area (Å²) in [6.45, 7) is 1.52.